The van der Waals surface area contributed by atoms with Gasteiger partial charge in [0.25, 0.3) is 0 Å². The number of hydrogen-bond donors (Lipinski definition) is 0. The van der Waals surface area contributed by atoms with Crippen LogP contribution in [0.5, 0.6) is 0 Å². The normalized spacial score (nSPS) is 10.3. The van der Waals surface area contributed by atoms with Gasteiger partial charge >= 0.3 is 5.97 Å². The third-order valence-corrected chi connectivity index (χ3v) is 3.03. The Balaban J connectivity index is 1.83. The molecule has 0 atom stereocenters. The van der Waals surface area contributed by atoms with Crippen LogP contribution in [0.1, 0.15) is 28.8 Å². The van der Waals surface area contributed by atoms with E-state index in [0.29, 0.717) is 0 Å². The molecule has 2 aromatic carbocycles. The van der Waals surface area contributed by atoms with Gasteiger partial charge in [-0.2, -0.15) is 0 Å². The first-order chi connectivity index (χ1) is 10.6. The molecule has 0 saturated heterocycles. The highest BCUT2D eigenvalue weighted by Crippen LogP contribution is 2.13. The first kappa shape index (κ1) is 15.8. The van der Waals surface area contributed by atoms with Crippen molar-refractivity contribution < 1.29 is 23.1 Å². The Morgan fingerprint density at radius 2 is 1.68 bits per heavy atom. The number of rotatable bonds is 6. The minimum atomic E-state index is -0.802. The van der Waals surface area contributed by atoms with Crippen molar-refractivity contribution in [3.63, 3.8) is 0 Å². The Kier molecular flexibility index (Phi) is 5.36. The Morgan fingerprint density at radius 3 is 2.41 bits per heavy atom. The summed E-state index contributed by atoms with van der Waals surface area (Å²) in [5.41, 5.74) is 0.481. The van der Waals surface area contributed by atoms with Crippen LogP contribution in [0.15, 0.2) is 48.5 Å². The molecule has 2 aromatic rings. The van der Waals surface area contributed by atoms with Gasteiger partial charge in [0.05, 0.1) is 12.0 Å². The van der Waals surface area contributed by atoms with Crippen molar-refractivity contribution in [2.45, 2.75) is 19.4 Å². The van der Waals surface area contributed by atoms with Gasteiger partial charge < -0.3 is 4.74 Å². The maximum atomic E-state index is 13.4. The molecule has 0 aliphatic carbocycles. The smallest absolute Gasteiger partial charge is 0.306 e. The molecule has 0 saturated carbocycles. The first-order valence-corrected chi connectivity index (χ1v) is 6.74. The second kappa shape index (κ2) is 7.45. The predicted molar refractivity (Wildman–Crippen MR) is 76.2 cm³/mol. The van der Waals surface area contributed by atoms with Gasteiger partial charge in [-0.3, -0.25) is 9.59 Å². The third-order valence-electron chi connectivity index (χ3n) is 3.03. The van der Waals surface area contributed by atoms with E-state index in [1.54, 1.807) is 12.1 Å². The van der Waals surface area contributed by atoms with Crippen molar-refractivity contribution in [2.75, 3.05) is 0 Å². The van der Waals surface area contributed by atoms with Crippen LogP contribution in [0.2, 0.25) is 0 Å². The van der Waals surface area contributed by atoms with Gasteiger partial charge in [0.1, 0.15) is 18.2 Å². The molecule has 0 fully saturated rings. The van der Waals surface area contributed by atoms with Gasteiger partial charge in [-0.25, -0.2) is 8.78 Å². The topological polar surface area (TPSA) is 43.4 Å². The zero-order valence-electron chi connectivity index (χ0n) is 11.7. The second-order valence-electron chi connectivity index (χ2n) is 4.69. The van der Waals surface area contributed by atoms with Crippen LogP contribution < -0.4 is 0 Å². The lowest BCUT2D eigenvalue weighted by atomic mass is 10.1. The van der Waals surface area contributed by atoms with Gasteiger partial charge in [-0.1, -0.05) is 30.3 Å². The highest BCUT2D eigenvalue weighted by Gasteiger charge is 2.15. The zero-order chi connectivity index (χ0) is 15.9. The summed E-state index contributed by atoms with van der Waals surface area (Å²) in [6.07, 6.45) is -0.407. The van der Waals surface area contributed by atoms with E-state index in [2.05, 4.69) is 0 Å². The molecular formula is C17H14F2O3. The molecule has 114 valence electrons. The summed E-state index contributed by atoms with van der Waals surface area (Å²) < 4.78 is 31.4. The van der Waals surface area contributed by atoms with E-state index >= 15 is 0 Å². The van der Waals surface area contributed by atoms with Crippen LogP contribution in [-0.2, 0) is 16.1 Å². The lowest BCUT2D eigenvalue weighted by Crippen LogP contribution is -2.09. The Labute approximate surface area is 126 Å². The monoisotopic (exact) mass is 304 g/mol. The minimum absolute atomic E-state index is 0.113. The van der Waals surface area contributed by atoms with Crippen molar-refractivity contribution in [2.24, 2.45) is 0 Å². The highest BCUT2D eigenvalue weighted by molar-refractivity contribution is 5.97. The number of Topliss-reactive ketones (excluding diaryl/α,β-unsaturated/α-hetero) is 1. The van der Waals surface area contributed by atoms with Gasteiger partial charge in [0.15, 0.2) is 5.78 Å². The molecule has 0 N–H and O–H groups in total. The van der Waals surface area contributed by atoms with Crippen LogP contribution in [0.4, 0.5) is 8.78 Å². The van der Waals surface area contributed by atoms with Crippen LogP contribution in [-0.4, -0.2) is 11.8 Å². The van der Waals surface area contributed by atoms with E-state index in [1.807, 2.05) is 18.2 Å². The van der Waals surface area contributed by atoms with Crippen LogP contribution in [0.3, 0.4) is 0 Å². The second-order valence-corrected chi connectivity index (χ2v) is 4.69. The highest BCUT2D eigenvalue weighted by atomic mass is 19.1. The van der Waals surface area contributed by atoms with E-state index in [9.17, 15) is 18.4 Å². The van der Waals surface area contributed by atoms with E-state index in [0.717, 1.165) is 23.8 Å². The largest absolute Gasteiger partial charge is 0.461 e. The molecule has 0 heterocycles. The van der Waals surface area contributed by atoms with Crippen molar-refractivity contribution in [1.82, 2.24) is 0 Å². The zero-order valence-corrected chi connectivity index (χ0v) is 11.7. The van der Waals surface area contributed by atoms with Gasteiger partial charge in [0.2, 0.25) is 0 Å². The average Bonchev–Trinajstić information content (AvgIpc) is 2.54. The molecule has 0 aliphatic heterocycles. The maximum absolute atomic E-state index is 13.4. The number of ketones is 1. The molecule has 0 bridgehead atoms. The molecule has 0 aromatic heterocycles. The number of carbonyl (C=O) groups excluding carboxylic acids is 2. The molecule has 22 heavy (non-hydrogen) atoms. The van der Waals surface area contributed by atoms with Crippen molar-refractivity contribution >= 4 is 11.8 Å². The molecule has 0 aliphatic rings. The molecule has 3 nitrogen and oxygen atoms in total. The Bertz CT molecular complexity index is 669. The fourth-order valence-electron chi connectivity index (χ4n) is 1.87. The van der Waals surface area contributed by atoms with E-state index in [1.165, 1.54) is 0 Å². The molecule has 0 amide bonds. The number of ether oxygens (including phenoxy) is 1. The van der Waals surface area contributed by atoms with Crippen LogP contribution >= 0.6 is 0 Å². The van der Waals surface area contributed by atoms with Crippen molar-refractivity contribution in [3.8, 4) is 0 Å². The summed E-state index contributed by atoms with van der Waals surface area (Å²) in [5, 5.41) is 0. The number of carbonyl (C=O) groups is 2. The number of halogens is 2. The molecule has 5 heteroatoms. The lowest BCUT2D eigenvalue weighted by Gasteiger charge is -2.05. The molecular weight excluding hydrogens is 290 g/mol. The maximum Gasteiger partial charge on any atom is 0.306 e. The first-order valence-electron chi connectivity index (χ1n) is 6.74. The standard InChI is InChI=1S/C17H14F2O3/c18-13-6-7-15(19)14(10-13)16(20)8-9-17(21)22-11-12-4-2-1-3-5-12/h1-7,10H,8-9,11H2. The molecule has 0 spiro atoms. The van der Waals surface area contributed by atoms with E-state index in [4.69, 9.17) is 4.74 Å². The van der Waals surface area contributed by atoms with Crippen LogP contribution in [0.25, 0.3) is 0 Å². The Morgan fingerprint density at radius 1 is 0.955 bits per heavy atom. The molecule has 0 unspecified atom stereocenters. The Hall–Kier alpha value is -2.56. The number of hydrogen-bond acceptors (Lipinski definition) is 3. The molecule has 2 rings (SSSR count). The van der Waals surface area contributed by atoms with Gasteiger partial charge in [0, 0.05) is 6.42 Å². The quantitative estimate of drug-likeness (QED) is 0.604. The van der Waals surface area contributed by atoms with E-state index in [-0.39, 0.29) is 25.0 Å². The summed E-state index contributed by atoms with van der Waals surface area (Å²) in [7, 11) is 0. The fraction of sp³-hybridized carbons (Fsp3) is 0.176. The number of benzene rings is 2. The summed E-state index contributed by atoms with van der Waals surface area (Å²) in [4.78, 5) is 23.3. The average molecular weight is 304 g/mol. The number of esters is 1. The van der Waals surface area contributed by atoms with E-state index < -0.39 is 23.4 Å². The summed E-state index contributed by atoms with van der Waals surface area (Å²) in [6, 6.07) is 11.7. The van der Waals surface area contributed by atoms with Crippen molar-refractivity contribution in [3.05, 3.63) is 71.3 Å². The SMILES string of the molecule is O=C(CCC(=O)c1cc(F)ccc1F)OCc1ccccc1. The summed E-state index contributed by atoms with van der Waals surface area (Å²) in [5.74, 6) is -2.69. The molecule has 0 radical (unpaired) electrons. The minimum Gasteiger partial charge on any atom is -0.461 e. The van der Waals surface area contributed by atoms with Crippen LogP contribution in [0, 0.1) is 11.6 Å². The summed E-state index contributed by atoms with van der Waals surface area (Å²) >= 11 is 0. The van der Waals surface area contributed by atoms with Crippen molar-refractivity contribution in [1.29, 1.82) is 0 Å². The van der Waals surface area contributed by atoms with Gasteiger partial charge in [-0.15, -0.1) is 0 Å². The van der Waals surface area contributed by atoms with Gasteiger partial charge in [-0.05, 0) is 23.8 Å². The summed E-state index contributed by atoms with van der Waals surface area (Å²) in [6.45, 7) is 0.113. The lowest BCUT2D eigenvalue weighted by molar-refractivity contribution is -0.144. The third kappa shape index (κ3) is 4.48. The fourth-order valence-corrected chi connectivity index (χ4v) is 1.87. The predicted octanol–water partition coefficient (Wildman–Crippen LogP) is 3.67.